The Morgan fingerprint density at radius 3 is 2.62 bits per heavy atom. The summed E-state index contributed by atoms with van der Waals surface area (Å²) < 4.78 is 0. The molecule has 2 aliphatic rings. The van der Waals surface area contributed by atoms with Gasteiger partial charge in [0.05, 0.1) is 4.92 Å². The summed E-state index contributed by atoms with van der Waals surface area (Å²) in [5.41, 5.74) is 2.13. The summed E-state index contributed by atoms with van der Waals surface area (Å²) in [6.45, 7) is 5.89. The van der Waals surface area contributed by atoms with Crippen LogP contribution in [0.3, 0.4) is 0 Å². The second kappa shape index (κ2) is 6.12. The van der Waals surface area contributed by atoms with Gasteiger partial charge in [0.1, 0.15) is 0 Å². The Bertz CT molecular complexity index is 522. The fourth-order valence-electron chi connectivity index (χ4n) is 3.50. The molecule has 1 N–H and O–H groups in total. The summed E-state index contributed by atoms with van der Waals surface area (Å²) in [6.07, 6.45) is 3.79. The molecule has 1 saturated heterocycles. The van der Waals surface area contributed by atoms with Crippen LogP contribution in [0.1, 0.15) is 36.4 Å². The molecule has 1 aromatic rings. The molecular weight excluding hydrogens is 266 g/mol. The Morgan fingerprint density at radius 2 is 2.05 bits per heavy atom. The number of rotatable bonds is 4. The predicted octanol–water partition coefficient (Wildman–Crippen LogP) is 2.65. The first-order valence-corrected chi connectivity index (χ1v) is 7.86. The maximum Gasteiger partial charge on any atom is 0.272 e. The first-order chi connectivity index (χ1) is 10.2. The van der Waals surface area contributed by atoms with E-state index in [9.17, 15) is 10.1 Å². The van der Waals surface area contributed by atoms with Gasteiger partial charge in [-0.1, -0.05) is 18.6 Å². The number of piperazine rings is 1. The molecule has 0 bridgehead atoms. The van der Waals surface area contributed by atoms with E-state index in [0.717, 1.165) is 37.3 Å². The molecule has 21 heavy (non-hydrogen) atoms. The molecule has 2 fully saturated rings. The van der Waals surface area contributed by atoms with Gasteiger partial charge in [0.15, 0.2) is 0 Å². The predicted molar refractivity (Wildman–Crippen MR) is 82.4 cm³/mol. The average Bonchev–Trinajstić information content (AvgIpc) is 2.44. The zero-order valence-electron chi connectivity index (χ0n) is 12.5. The van der Waals surface area contributed by atoms with Gasteiger partial charge in [-0.2, -0.15) is 0 Å². The van der Waals surface area contributed by atoms with Crippen molar-refractivity contribution in [3.8, 4) is 0 Å². The molecule has 0 spiro atoms. The second-order valence-electron chi connectivity index (χ2n) is 6.22. The Balaban J connectivity index is 1.91. The molecule has 114 valence electrons. The van der Waals surface area contributed by atoms with Gasteiger partial charge in [0.25, 0.3) is 5.69 Å². The van der Waals surface area contributed by atoms with Crippen LogP contribution in [0.4, 0.5) is 5.69 Å². The van der Waals surface area contributed by atoms with E-state index in [-0.39, 0.29) is 10.6 Å². The van der Waals surface area contributed by atoms with Crippen LogP contribution in [0.25, 0.3) is 0 Å². The zero-order chi connectivity index (χ0) is 14.8. The molecule has 0 radical (unpaired) electrons. The van der Waals surface area contributed by atoms with E-state index in [1.54, 1.807) is 6.07 Å². The number of benzene rings is 1. The molecule has 3 rings (SSSR count). The molecule has 0 amide bonds. The van der Waals surface area contributed by atoms with E-state index in [4.69, 9.17) is 0 Å². The van der Waals surface area contributed by atoms with Crippen molar-refractivity contribution >= 4 is 5.69 Å². The van der Waals surface area contributed by atoms with Crippen molar-refractivity contribution in [2.45, 2.75) is 32.2 Å². The van der Waals surface area contributed by atoms with Crippen molar-refractivity contribution in [1.29, 1.82) is 0 Å². The third kappa shape index (κ3) is 2.94. The van der Waals surface area contributed by atoms with Crippen LogP contribution in [0, 0.1) is 23.0 Å². The average molecular weight is 289 g/mol. The summed E-state index contributed by atoms with van der Waals surface area (Å²) in [6, 6.07) is 6.15. The lowest BCUT2D eigenvalue weighted by molar-refractivity contribution is -0.385. The lowest BCUT2D eigenvalue weighted by Crippen LogP contribution is -2.47. The standard InChI is InChI=1S/C16H23N3O2/c1-12-5-6-14(11-15(12)19(20)21)16(13-3-2-4-13)18-9-7-17-8-10-18/h5-6,11,13,16-17H,2-4,7-10H2,1H3/t16-/m0/s1. The highest BCUT2D eigenvalue weighted by Gasteiger charge is 2.34. The number of nitro groups is 1. The fraction of sp³-hybridized carbons (Fsp3) is 0.625. The van der Waals surface area contributed by atoms with Gasteiger partial charge in [0.2, 0.25) is 0 Å². The van der Waals surface area contributed by atoms with Crippen LogP contribution in [-0.2, 0) is 0 Å². The summed E-state index contributed by atoms with van der Waals surface area (Å²) in [7, 11) is 0. The maximum absolute atomic E-state index is 11.2. The SMILES string of the molecule is Cc1ccc([C@H](C2CCC2)N2CCNCC2)cc1[N+](=O)[O-]. The lowest BCUT2D eigenvalue weighted by Gasteiger charge is -2.43. The van der Waals surface area contributed by atoms with Crippen LogP contribution in [-0.4, -0.2) is 36.0 Å². The minimum absolute atomic E-state index is 0.256. The summed E-state index contributed by atoms with van der Waals surface area (Å²) in [5.74, 6) is 0.658. The summed E-state index contributed by atoms with van der Waals surface area (Å²) in [4.78, 5) is 13.5. The normalized spacial score (nSPS) is 21.8. The number of aryl methyl sites for hydroxylation is 1. The molecule has 5 nitrogen and oxygen atoms in total. The lowest BCUT2D eigenvalue weighted by atomic mass is 9.76. The molecule has 1 atom stereocenters. The molecule has 1 saturated carbocycles. The van der Waals surface area contributed by atoms with E-state index in [0.29, 0.717) is 12.0 Å². The van der Waals surface area contributed by atoms with Crippen LogP contribution in [0.5, 0.6) is 0 Å². The van der Waals surface area contributed by atoms with Gasteiger partial charge in [0, 0.05) is 43.9 Å². The molecule has 5 heteroatoms. The van der Waals surface area contributed by atoms with Crippen LogP contribution >= 0.6 is 0 Å². The highest BCUT2D eigenvalue weighted by Crippen LogP contribution is 2.42. The van der Waals surface area contributed by atoms with E-state index >= 15 is 0 Å². The topological polar surface area (TPSA) is 58.4 Å². The van der Waals surface area contributed by atoms with E-state index in [2.05, 4.69) is 16.3 Å². The molecule has 1 heterocycles. The maximum atomic E-state index is 11.2. The zero-order valence-corrected chi connectivity index (χ0v) is 12.5. The molecule has 1 aromatic carbocycles. The van der Waals surface area contributed by atoms with E-state index in [1.165, 1.54) is 19.3 Å². The molecule has 1 aliphatic heterocycles. The Kier molecular flexibility index (Phi) is 4.22. The Labute approximate surface area is 125 Å². The molecule has 0 unspecified atom stereocenters. The van der Waals surface area contributed by atoms with E-state index in [1.807, 2.05) is 13.0 Å². The van der Waals surface area contributed by atoms with Crippen LogP contribution < -0.4 is 5.32 Å². The van der Waals surface area contributed by atoms with Gasteiger partial charge in [-0.15, -0.1) is 0 Å². The van der Waals surface area contributed by atoms with Gasteiger partial charge in [-0.05, 0) is 31.2 Å². The first kappa shape index (κ1) is 14.5. The first-order valence-electron chi connectivity index (χ1n) is 7.86. The Hall–Kier alpha value is -1.46. The van der Waals surface area contributed by atoms with Crippen molar-refractivity contribution in [2.75, 3.05) is 26.2 Å². The number of hydrogen-bond donors (Lipinski definition) is 1. The quantitative estimate of drug-likeness (QED) is 0.684. The number of hydrogen-bond acceptors (Lipinski definition) is 4. The Morgan fingerprint density at radius 1 is 1.33 bits per heavy atom. The second-order valence-corrected chi connectivity index (χ2v) is 6.22. The van der Waals surface area contributed by atoms with Gasteiger partial charge < -0.3 is 5.32 Å². The smallest absolute Gasteiger partial charge is 0.272 e. The largest absolute Gasteiger partial charge is 0.314 e. The minimum atomic E-state index is -0.256. The van der Waals surface area contributed by atoms with Gasteiger partial charge in [-0.25, -0.2) is 0 Å². The number of nitrogens with zero attached hydrogens (tertiary/aromatic N) is 2. The van der Waals surface area contributed by atoms with Crippen molar-refractivity contribution in [1.82, 2.24) is 10.2 Å². The third-order valence-corrected chi connectivity index (χ3v) is 4.91. The summed E-state index contributed by atoms with van der Waals surface area (Å²) in [5, 5.41) is 14.6. The van der Waals surface area contributed by atoms with Crippen LogP contribution in [0.2, 0.25) is 0 Å². The molecule has 0 aromatic heterocycles. The van der Waals surface area contributed by atoms with Crippen molar-refractivity contribution in [2.24, 2.45) is 5.92 Å². The molecule has 1 aliphatic carbocycles. The fourth-order valence-corrected chi connectivity index (χ4v) is 3.50. The monoisotopic (exact) mass is 289 g/mol. The van der Waals surface area contributed by atoms with E-state index < -0.39 is 0 Å². The minimum Gasteiger partial charge on any atom is -0.314 e. The van der Waals surface area contributed by atoms with Crippen molar-refractivity contribution in [3.63, 3.8) is 0 Å². The molecular formula is C16H23N3O2. The number of nitrogens with one attached hydrogen (secondary N) is 1. The number of nitro benzene ring substituents is 1. The van der Waals surface area contributed by atoms with Gasteiger partial charge in [-0.3, -0.25) is 15.0 Å². The van der Waals surface area contributed by atoms with Crippen LogP contribution in [0.15, 0.2) is 18.2 Å². The third-order valence-electron chi connectivity index (χ3n) is 4.91. The highest BCUT2D eigenvalue weighted by atomic mass is 16.6. The summed E-state index contributed by atoms with van der Waals surface area (Å²) >= 11 is 0. The highest BCUT2D eigenvalue weighted by molar-refractivity contribution is 5.43. The van der Waals surface area contributed by atoms with Crippen molar-refractivity contribution < 1.29 is 4.92 Å². The van der Waals surface area contributed by atoms with Gasteiger partial charge >= 0.3 is 0 Å². The van der Waals surface area contributed by atoms with Crippen molar-refractivity contribution in [3.05, 3.63) is 39.4 Å².